The maximum Gasteiger partial charge on any atom is 0.434 e. The molecule has 0 aliphatic rings. The fourth-order valence-corrected chi connectivity index (χ4v) is 2.98. The molecule has 0 radical (unpaired) electrons. The van der Waals surface area contributed by atoms with Gasteiger partial charge in [-0.2, -0.15) is 13.2 Å². The summed E-state index contributed by atoms with van der Waals surface area (Å²) < 4.78 is 52.3. The Hall–Kier alpha value is -3.00. The van der Waals surface area contributed by atoms with Gasteiger partial charge in [-0.3, -0.25) is 0 Å². The second-order valence-corrected chi connectivity index (χ2v) is 7.07. The highest BCUT2D eigenvalue weighted by Crippen LogP contribution is 2.36. The highest BCUT2D eigenvalue weighted by atomic mass is 19.4. The van der Waals surface area contributed by atoms with Gasteiger partial charge in [-0.1, -0.05) is 18.2 Å². The fourth-order valence-electron chi connectivity index (χ4n) is 2.98. The quantitative estimate of drug-likeness (QED) is 0.569. The maximum absolute atomic E-state index is 13.3. The van der Waals surface area contributed by atoms with E-state index in [1.165, 1.54) is 4.57 Å². The lowest BCUT2D eigenvalue weighted by Gasteiger charge is -2.16. The van der Waals surface area contributed by atoms with Gasteiger partial charge in [0, 0.05) is 12.2 Å². The number of benzene rings is 2. The van der Waals surface area contributed by atoms with Crippen LogP contribution in [0.5, 0.6) is 11.5 Å². The van der Waals surface area contributed by atoms with Gasteiger partial charge in [-0.15, -0.1) is 0 Å². The van der Waals surface area contributed by atoms with Crippen LogP contribution < -0.4 is 9.47 Å². The Labute approximate surface area is 172 Å². The van der Waals surface area contributed by atoms with Crippen LogP contribution >= 0.6 is 0 Å². The number of aromatic nitrogens is 2. The molecule has 0 bridgehead atoms. The number of halogens is 3. The number of ether oxygens (including phenoxy) is 2. The van der Waals surface area contributed by atoms with Crippen molar-refractivity contribution < 1.29 is 27.8 Å². The maximum atomic E-state index is 13.3. The van der Waals surface area contributed by atoms with E-state index < -0.39 is 11.9 Å². The molecule has 0 atom stereocenters. The van der Waals surface area contributed by atoms with E-state index in [0.717, 1.165) is 11.8 Å². The predicted octanol–water partition coefficient (Wildman–Crippen LogP) is 5.23. The van der Waals surface area contributed by atoms with E-state index in [0.29, 0.717) is 22.6 Å². The summed E-state index contributed by atoms with van der Waals surface area (Å²) in [5, 5.41) is 9.48. The predicted molar refractivity (Wildman–Crippen MR) is 106 cm³/mol. The molecule has 8 heteroatoms. The van der Waals surface area contributed by atoms with Crippen LogP contribution in [0, 0.1) is 0 Å². The minimum absolute atomic E-state index is 0.159. The third-order valence-electron chi connectivity index (χ3n) is 4.60. The van der Waals surface area contributed by atoms with Gasteiger partial charge in [-0.25, -0.2) is 4.98 Å². The molecule has 0 amide bonds. The Morgan fingerprint density at radius 2 is 1.73 bits per heavy atom. The van der Waals surface area contributed by atoms with Gasteiger partial charge in [-0.05, 0) is 49.2 Å². The van der Waals surface area contributed by atoms with Gasteiger partial charge in [0.25, 0.3) is 0 Å². The van der Waals surface area contributed by atoms with Crippen LogP contribution in [0.1, 0.15) is 36.7 Å². The first-order valence-corrected chi connectivity index (χ1v) is 9.39. The van der Waals surface area contributed by atoms with Gasteiger partial charge < -0.3 is 19.1 Å². The van der Waals surface area contributed by atoms with Crippen molar-refractivity contribution in [1.82, 2.24) is 9.55 Å². The molecule has 1 aromatic heterocycles. The Balaban J connectivity index is 2.00. The summed E-state index contributed by atoms with van der Waals surface area (Å²) in [6.45, 7) is 3.54. The first-order chi connectivity index (χ1) is 14.2. The van der Waals surface area contributed by atoms with E-state index in [9.17, 15) is 18.3 Å². The van der Waals surface area contributed by atoms with Crippen molar-refractivity contribution in [3.05, 3.63) is 65.5 Å². The Morgan fingerprint density at radius 3 is 2.30 bits per heavy atom. The van der Waals surface area contributed by atoms with Crippen molar-refractivity contribution in [3.63, 3.8) is 0 Å². The molecule has 3 aromatic rings. The van der Waals surface area contributed by atoms with Crippen LogP contribution in [0.4, 0.5) is 13.2 Å². The summed E-state index contributed by atoms with van der Waals surface area (Å²) in [5.41, 5.74) is 0.907. The minimum atomic E-state index is -4.55. The number of methoxy groups -OCH3 is 1. The molecule has 2 aromatic carbocycles. The van der Waals surface area contributed by atoms with E-state index in [1.807, 2.05) is 12.1 Å². The Morgan fingerprint density at radius 1 is 1.07 bits per heavy atom. The first-order valence-electron chi connectivity index (χ1n) is 9.39. The SMILES string of the molecule is COc1ccc(COc2cc(CO)ccc2-c2nc(C(F)(F)F)cn2C(C)C)cc1. The van der Waals surface area contributed by atoms with E-state index in [4.69, 9.17) is 9.47 Å². The highest BCUT2D eigenvalue weighted by molar-refractivity contribution is 5.66. The van der Waals surface area contributed by atoms with Crippen LogP contribution in [-0.2, 0) is 19.4 Å². The molecule has 0 saturated carbocycles. The van der Waals surface area contributed by atoms with Crippen molar-refractivity contribution >= 4 is 0 Å². The van der Waals surface area contributed by atoms with Crippen molar-refractivity contribution in [1.29, 1.82) is 0 Å². The minimum Gasteiger partial charge on any atom is -0.497 e. The second kappa shape index (κ2) is 8.79. The van der Waals surface area contributed by atoms with Crippen LogP contribution in [-0.4, -0.2) is 21.8 Å². The number of hydrogen-bond donors (Lipinski definition) is 1. The number of rotatable bonds is 7. The summed E-state index contributed by atoms with van der Waals surface area (Å²) in [7, 11) is 1.57. The van der Waals surface area contributed by atoms with Crippen LogP contribution in [0.15, 0.2) is 48.7 Å². The number of aliphatic hydroxyl groups excluding tert-OH is 1. The number of nitrogens with zero attached hydrogens (tertiary/aromatic N) is 2. The number of imidazole rings is 1. The molecule has 0 aliphatic carbocycles. The van der Waals surface area contributed by atoms with Crippen LogP contribution in [0.2, 0.25) is 0 Å². The lowest BCUT2D eigenvalue weighted by Crippen LogP contribution is -2.05. The normalized spacial score (nSPS) is 11.7. The molecular formula is C22H23F3N2O3. The van der Waals surface area contributed by atoms with Gasteiger partial charge >= 0.3 is 6.18 Å². The zero-order valence-electron chi connectivity index (χ0n) is 16.9. The molecule has 30 heavy (non-hydrogen) atoms. The molecule has 0 spiro atoms. The smallest absolute Gasteiger partial charge is 0.434 e. The zero-order valence-corrected chi connectivity index (χ0v) is 16.9. The number of aliphatic hydroxyl groups is 1. The molecule has 0 saturated heterocycles. The van der Waals surface area contributed by atoms with E-state index in [-0.39, 0.29) is 25.1 Å². The van der Waals surface area contributed by atoms with Crippen LogP contribution in [0.3, 0.4) is 0 Å². The van der Waals surface area contributed by atoms with Gasteiger partial charge in [0.05, 0.1) is 19.3 Å². The molecule has 0 aliphatic heterocycles. The summed E-state index contributed by atoms with van der Waals surface area (Å²) in [4.78, 5) is 3.85. The van der Waals surface area contributed by atoms with Crippen molar-refractivity contribution in [3.8, 4) is 22.9 Å². The van der Waals surface area contributed by atoms with Gasteiger partial charge in [0.1, 0.15) is 23.9 Å². The molecule has 1 N–H and O–H groups in total. The van der Waals surface area contributed by atoms with E-state index >= 15 is 0 Å². The summed E-state index contributed by atoms with van der Waals surface area (Å²) in [5.74, 6) is 1.21. The Bertz CT molecular complexity index is 996. The second-order valence-electron chi connectivity index (χ2n) is 7.07. The summed E-state index contributed by atoms with van der Waals surface area (Å²) >= 11 is 0. The molecular weight excluding hydrogens is 397 g/mol. The molecule has 5 nitrogen and oxygen atoms in total. The molecule has 160 valence electrons. The standard InChI is InChI=1S/C22H23F3N2O3/c1-14(2)27-11-20(22(23,24)25)26-21(27)18-9-6-16(12-28)10-19(18)30-13-15-4-7-17(29-3)8-5-15/h4-11,14,28H,12-13H2,1-3H3. The van der Waals surface area contributed by atoms with Crippen molar-refractivity contribution in [2.75, 3.05) is 7.11 Å². The summed E-state index contributed by atoms with van der Waals surface area (Å²) in [6, 6.07) is 11.9. The van der Waals surface area contributed by atoms with Crippen LogP contribution in [0.25, 0.3) is 11.4 Å². The zero-order chi connectivity index (χ0) is 21.9. The molecule has 3 rings (SSSR count). The average Bonchev–Trinajstić information content (AvgIpc) is 3.18. The Kier molecular flexibility index (Phi) is 6.36. The largest absolute Gasteiger partial charge is 0.497 e. The van der Waals surface area contributed by atoms with Gasteiger partial charge in [0.2, 0.25) is 0 Å². The topological polar surface area (TPSA) is 56.5 Å². The fraction of sp³-hybridized carbons (Fsp3) is 0.318. The lowest BCUT2D eigenvalue weighted by atomic mass is 10.1. The van der Waals surface area contributed by atoms with E-state index in [1.54, 1.807) is 51.3 Å². The monoisotopic (exact) mass is 420 g/mol. The van der Waals surface area contributed by atoms with Crippen molar-refractivity contribution in [2.24, 2.45) is 0 Å². The average molecular weight is 420 g/mol. The highest BCUT2D eigenvalue weighted by Gasteiger charge is 2.35. The van der Waals surface area contributed by atoms with Gasteiger partial charge in [0.15, 0.2) is 5.69 Å². The van der Waals surface area contributed by atoms with Crippen molar-refractivity contribution in [2.45, 2.75) is 39.3 Å². The molecule has 1 heterocycles. The summed E-state index contributed by atoms with van der Waals surface area (Å²) in [6.07, 6.45) is -3.54. The number of hydrogen-bond acceptors (Lipinski definition) is 4. The third-order valence-corrected chi connectivity index (χ3v) is 4.60. The molecule has 0 fully saturated rings. The number of alkyl halides is 3. The molecule has 0 unspecified atom stereocenters. The third kappa shape index (κ3) is 4.76. The van der Waals surface area contributed by atoms with E-state index in [2.05, 4.69) is 4.98 Å². The first kappa shape index (κ1) is 21.7. The lowest BCUT2D eigenvalue weighted by molar-refractivity contribution is -0.140.